The van der Waals surface area contributed by atoms with Crippen molar-refractivity contribution in [1.82, 2.24) is 10.3 Å². The minimum absolute atomic E-state index is 0.0694. The number of carbonyl (C=O) groups is 3. The summed E-state index contributed by atoms with van der Waals surface area (Å²) in [5.41, 5.74) is 2.35. The van der Waals surface area contributed by atoms with E-state index in [9.17, 15) is 14.4 Å². The van der Waals surface area contributed by atoms with Gasteiger partial charge in [-0.05, 0) is 75.6 Å². The molecule has 1 aliphatic rings. The van der Waals surface area contributed by atoms with Crippen molar-refractivity contribution in [1.29, 1.82) is 0 Å². The van der Waals surface area contributed by atoms with Crippen LogP contribution in [0.15, 0.2) is 48.5 Å². The summed E-state index contributed by atoms with van der Waals surface area (Å²) in [5, 5.41) is 4.00. The smallest absolute Gasteiger partial charge is 0.271 e. The van der Waals surface area contributed by atoms with Gasteiger partial charge in [0.2, 0.25) is 5.91 Å². The Morgan fingerprint density at radius 2 is 1.65 bits per heavy atom. The van der Waals surface area contributed by atoms with E-state index in [1.807, 2.05) is 19.1 Å². The molecule has 1 aromatic heterocycles. The number of aromatic nitrogens is 1. The Morgan fingerprint density at radius 3 is 2.19 bits per heavy atom. The van der Waals surface area contributed by atoms with E-state index < -0.39 is 6.04 Å². The van der Waals surface area contributed by atoms with E-state index in [-0.39, 0.29) is 23.6 Å². The van der Waals surface area contributed by atoms with Crippen LogP contribution >= 0.6 is 11.3 Å². The first-order chi connectivity index (χ1) is 17.8. The highest BCUT2D eigenvalue weighted by Crippen LogP contribution is 2.33. The van der Waals surface area contributed by atoms with E-state index in [0.717, 1.165) is 30.7 Å². The summed E-state index contributed by atoms with van der Waals surface area (Å²) in [6, 6.07) is 13.2. The molecule has 0 spiro atoms. The second kappa shape index (κ2) is 11.7. The van der Waals surface area contributed by atoms with E-state index in [1.54, 1.807) is 50.4 Å². The molecular formula is C29H33N3O4S. The molecule has 1 atom stereocenters. The van der Waals surface area contributed by atoms with Crippen LogP contribution in [0.5, 0.6) is 5.75 Å². The fourth-order valence-corrected chi connectivity index (χ4v) is 5.67. The number of Topliss-reactive ketones (excluding diaryl/α,β-unsaturated/α-hetero) is 1. The average molecular weight is 520 g/mol. The van der Waals surface area contributed by atoms with Crippen molar-refractivity contribution in [2.45, 2.75) is 65.0 Å². The molecule has 0 aliphatic heterocycles. The Balaban J connectivity index is 1.83. The standard InChI is InChI=1S/C29H33N3O4S/c1-18-27(37-20(3)30-18)29(35)32(24-14-10-21(11-15-24)19(2)33)26(22-12-16-25(36-4)17-13-22)28(34)31-23-8-6-5-7-9-23/h10-17,23,26H,5-9H2,1-4H3,(H,31,34)/t26-/m1/s1. The summed E-state index contributed by atoms with van der Waals surface area (Å²) < 4.78 is 5.33. The minimum Gasteiger partial charge on any atom is -0.497 e. The number of hydrogen-bond donors (Lipinski definition) is 1. The Labute approximate surface area is 221 Å². The second-order valence-corrected chi connectivity index (χ2v) is 10.6. The third kappa shape index (κ3) is 6.07. The molecule has 8 heteroatoms. The third-order valence-corrected chi connectivity index (χ3v) is 7.82. The number of benzene rings is 2. The molecule has 1 N–H and O–H groups in total. The Kier molecular flexibility index (Phi) is 8.38. The van der Waals surface area contributed by atoms with Crippen molar-refractivity contribution in [3.8, 4) is 5.75 Å². The zero-order valence-electron chi connectivity index (χ0n) is 21.7. The zero-order chi connectivity index (χ0) is 26.5. The van der Waals surface area contributed by atoms with Gasteiger partial charge >= 0.3 is 0 Å². The van der Waals surface area contributed by atoms with E-state index in [4.69, 9.17) is 4.74 Å². The summed E-state index contributed by atoms with van der Waals surface area (Å²) in [6.45, 7) is 5.16. The van der Waals surface area contributed by atoms with Crippen LogP contribution in [0.2, 0.25) is 0 Å². The monoisotopic (exact) mass is 519 g/mol. The third-order valence-electron chi connectivity index (χ3n) is 6.76. The van der Waals surface area contributed by atoms with Crippen LogP contribution < -0.4 is 15.0 Å². The number of ketones is 1. The zero-order valence-corrected chi connectivity index (χ0v) is 22.6. The second-order valence-electron chi connectivity index (χ2n) is 9.44. The van der Waals surface area contributed by atoms with Gasteiger partial charge in [0.15, 0.2) is 5.78 Å². The van der Waals surface area contributed by atoms with Crippen LogP contribution in [0.3, 0.4) is 0 Å². The molecule has 0 saturated heterocycles. The first-order valence-corrected chi connectivity index (χ1v) is 13.4. The molecule has 1 saturated carbocycles. The summed E-state index contributed by atoms with van der Waals surface area (Å²) in [5.74, 6) is 0.0474. The van der Waals surface area contributed by atoms with Crippen LogP contribution in [0.1, 0.15) is 81.4 Å². The quantitative estimate of drug-likeness (QED) is 0.380. The lowest BCUT2D eigenvalue weighted by molar-refractivity contribution is -0.123. The normalized spacial score (nSPS) is 14.6. The molecule has 0 unspecified atom stereocenters. The van der Waals surface area contributed by atoms with Crippen LogP contribution in [-0.2, 0) is 4.79 Å². The maximum Gasteiger partial charge on any atom is 0.271 e. The first kappa shape index (κ1) is 26.5. The summed E-state index contributed by atoms with van der Waals surface area (Å²) in [4.78, 5) is 46.5. The number of aryl methyl sites for hydroxylation is 2. The van der Waals surface area contributed by atoms with Gasteiger partial charge in [-0.1, -0.05) is 31.4 Å². The van der Waals surface area contributed by atoms with E-state index in [0.29, 0.717) is 33.1 Å². The fraction of sp³-hybridized carbons (Fsp3) is 0.379. The van der Waals surface area contributed by atoms with Gasteiger partial charge in [0, 0.05) is 17.3 Å². The van der Waals surface area contributed by atoms with Crippen molar-refractivity contribution < 1.29 is 19.1 Å². The number of nitrogens with zero attached hydrogens (tertiary/aromatic N) is 2. The molecule has 2 aromatic carbocycles. The molecule has 7 nitrogen and oxygen atoms in total. The molecule has 194 valence electrons. The lowest BCUT2D eigenvalue weighted by Crippen LogP contribution is -2.47. The molecule has 0 bridgehead atoms. The lowest BCUT2D eigenvalue weighted by Gasteiger charge is -2.33. The van der Waals surface area contributed by atoms with Crippen LogP contribution in [0, 0.1) is 13.8 Å². The highest BCUT2D eigenvalue weighted by atomic mass is 32.1. The largest absolute Gasteiger partial charge is 0.497 e. The van der Waals surface area contributed by atoms with Crippen molar-refractivity contribution >= 4 is 34.6 Å². The molecule has 0 radical (unpaired) electrons. The molecule has 37 heavy (non-hydrogen) atoms. The maximum absolute atomic E-state index is 14.2. The number of rotatable bonds is 8. The topological polar surface area (TPSA) is 88.6 Å². The number of nitrogens with one attached hydrogen (secondary N) is 1. The Morgan fingerprint density at radius 1 is 1.00 bits per heavy atom. The van der Waals surface area contributed by atoms with E-state index in [1.165, 1.54) is 29.6 Å². The maximum atomic E-state index is 14.2. The number of anilines is 1. The Hall–Kier alpha value is -3.52. The SMILES string of the molecule is COc1ccc([C@H](C(=O)NC2CCCCC2)N(C(=O)c2sc(C)nc2C)c2ccc(C(C)=O)cc2)cc1. The molecule has 3 aromatic rings. The number of ether oxygens (including phenoxy) is 1. The molecule has 1 aliphatic carbocycles. The lowest BCUT2D eigenvalue weighted by atomic mass is 9.94. The van der Waals surface area contributed by atoms with Crippen LogP contribution in [0.4, 0.5) is 5.69 Å². The molecule has 1 fully saturated rings. The van der Waals surface area contributed by atoms with Crippen molar-refractivity contribution in [3.63, 3.8) is 0 Å². The number of amides is 2. The van der Waals surface area contributed by atoms with Crippen molar-refractivity contribution in [2.24, 2.45) is 0 Å². The predicted octanol–water partition coefficient (Wildman–Crippen LogP) is 5.81. The first-order valence-electron chi connectivity index (χ1n) is 12.6. The van der Waals surface area contributed by atoms with Crippen molar-refractivity contribution in [2.75, 3.05) is 12.0 Å². The van der Waals surface area contributed by atoms with Gasteiger partial charge in [-0.25, -0.2) is 4.98 Å². The van der Waals surface area contributed by atoms with Gasteiger partial charge in [-0.15, -0.1) is 11.3 Å². The highest BCUT2D eigenvalue weighted by Gasteiger charge is 2.36. The predicted molar refractivity (Wildman–Crippen MR) is 146 cm³/mol. The highest BCUT2D eigenvalue weighted by molar-refractivity contribution is 7.13. The average Bonchev–Trinajstić information content (AvgIpc) is 3.25. The molecule has 1 heterocycles. The molecular weight excluding hydrogens is 486 g/mol. The molecule has 2 amide bonds. The van der Waals surface area contributed by atoms with Gasteiger partial charge in [-0.3, -0.25) is 19.3 Å². The van der Waals surface area contributed by atoms with Crippen LogP contribution in [0.25, 0.3) is 0 Å². The van der Waals surface area contributed by atoms with E-state index >= 15 is 0 Å². The number of methoxy groups -OCH3 is 1. The van der Waals surface area contributed by atoms with Gasteiger partial charge < -0.3 is 10.1 Å². The van der Waals surface area contributed by atoms with Gasteiger partial charge in [0.1, 0.15) is 16.7 Å². The number of thiazole rings is 1. The van der Waals surface area contributed by atoms with Crippen molar-refractivity contribution in [3.05, 3.63) is 75.2 Å². The van der Waals surface area contributed by atoms with Gasteiger partial charge in [0.25, 0.3) is 5.91 Å². The number of hydrogen-bond acceptors (Lipinski definition) is 6. The van der Waals surface area contributed by atoms with Crippen LogP contribution in [-0.4, -0.2) is 35.7 Å². The van der Waals surface area contributed by atoms with Gasteiger partial charge in [-0.2, -0.15) is 0 Å². The summed E-state index contributed by atoms with van der Waals surface area (Å²) in [6.07, 6.45) is 5.18. The van der Waals surface area contributed by atoms with Gasteiger partial charge in [0.05, 0.1) is 17.8 Å². The molecule has 4 rings (SSSR count). The fourth-order valence-electron chi connectivity index (χ4n) is 4.81. The van der Waals surface area contributed by atoms with E-state index in [2.05, 4.69) is 10.3 Å². The summed E-state index contributed by atoms with van der Waals surface area (Å²) in [7, 11) is 1.59. The summed E-state index contributed by atoms with van der Waals surface area (Å²) >= 11 is 1.31. The minimum atomic E-state index is -0.926. The Bertz CT molecular complexity index is 1260. The number of carbonyl (C=O) groups excluding carboxylic acids is 3.